The van der Waals surface area contributed by atoms with Crippen molar-refractivity contribution >= 4 is 21.6 Å². The Morgan fingerprint density at radius 1 is 1.13 bits per heavy atom. The van der Waals surface area contributed by atoms with Crippen LogP contribution in [-0.2, 0) is 10.0 Å². The third-order valence-electron chi connectivity index (χ3n) is 2.63. The van der Waals surface area contributed by atoms with Crippen molar-refractivity contribution in [3.8, 4) is 0 Å². The van der Waals surface area contributed by atoms with Gasteiger partial charge in [0.25, 0.3) is 15.9 Å². The van der Waals surface area contributed by atoms with Crippen LogP contribution >= 0.6 is 0 Å². The molecule has 1 heterocycles. The first-order chi connectivity index (χ1) is 10.6. The molecule has 0 bridgehead atoms. The number of amides is 1. The highest BCUT2D eigenvalue weighted by molar-refractivity contribution is 7.89. The fourth-order valence-electron chi connectivity index (χ4n) is 1.79. The Balaban J connectivity index is 2.19. The van der Waals surface area contributed by atoms with Crippen molar-refractivity contribution in [1.82, 2.24) is 4.72 Å². The fourth-order valence-corrected chi connectivity index (χ4v) is 3.14. The van der Waals surface area contributed by atoms with Crippen molar-refractivity contribution in [3.63, 3.8) is 0 Å². The minimum atomic E-state index is -3.88. The number of carbonyl (C=O) groups is 1. The minimum Gasteiger partial charge on any atom is -0.438 e. The van der Waals surface area contributed by atoms with E-state index in [1.54, 1.807) is 26.8 Å². The summed E-state index contributed by atoms with van der Waals surface area (Å²) in [7, 11) is -3.88. The second-order valence-electron chi connectivity index (χ2n) is 5.91. The number of hydrogen-bond acceptors (Lipinski definition) is 4. The van der Waals surface area contributed by atoms with Crippen LogP contribution in [0.4, 0.5) is 10.1 Å². The summed E-state index contributed by atoms with van der Waals surface area (Å²) in [4.78, 5) is 12.0. The molecule has 0 atom stereocenters. The largest absolute Gasteiger partial charge is 0.438 e. The van der Waals surface area contributed by atoms with Gasteiger partial charge >= 0.3 is 0 Å². The van der Waals surface area contributed by atoms with E-state index in [0.717, 1.165) is 0 Å². The molecule has 0 aliphatic rings. The summed E-state index contributed by atoms with van der Waals surface area (Å²) >= 11 is 0. The van der Waals surface area contributed by atoms with Crippen molar-refractivity contribution in [1.29, 1.82) is 0 Å². The molecule has 1 aromatic heterocycles. The highest BCUT2D eigenvalue weighted by atomic mass is 32.2. The van der Waals surface area contributed by atoms with E-state index in [1.165, 1.54) is 30.3 Å². The zero-order valence-corrected chi connectivity index (χ0v) is 13.7. The predicted octanol–water partition coefficient (Wildman–Crippen LogP) is 2.75. The molecule has 2 aromatic rings. The van der Waals surface area contributed by atoms with Crippen LogP contribution in [0.15, 0.2) is 45.9 Å². The van der Waals surface area contributed by atoms with Gasteiger partial charge in [0.15, 0.2) is 5.76 Å². The number of sulfonamides is 1. The first-order valence-electron chi connectivity index (χ1n) is 6.78. The maximum Gasteiger partial charge on any atom is 0.291 e. The highest BCUT2D eigenvalue weighted by Crippen LogP contribution is 2.19. The zero-order chi connectivity index (χ0) is 17.3. The average molecular weight is 340 g/mol. The highest BCUT2D eigenvalue weighted by Gasteiger charge is 2.26. The lowest BCUT2D eigenvalue weighted by molar-refractivity contribution is 0.0991. The van der Waals surface area contributed by atoms with Crippen LogP contribution in [0, 0.1) is 5.82 Å². The summed E-state index contributed by atoms with van der Waals surface area (Å²) in [5, 5.41) is 1.93. The summed E-state index contributed by atoms with van der Waals surface area (Å²) in [6.45, 7) is 5.04. The van der Waals surface area contributed by atoms with E-state index < -0.39 is 27.3 Å². The third kappa shape index (κ3) is 4.40. The zero-order valence-electron chi connectivity index (χ0n) is 12.9. The van der Waals surface area contributed by atoms with Crippen molar-refractivity contribution in [2.45, 2.75) is 31.4 Å². The Kier molecular flexibility index (Phi) is 4.58. The van der Waals surface area contributed by atoms with Gasteiger partial charge in [-0.05, 0) is 45.0 Å². The molecule has 0 radical (unpaired) electrons. The van der Waals surface area contributed by atoms with Crippen LogP contribution in [0.1, 0.15) is 31.3 Å². The topological polar surface area (TPSA) is 88.4 Å². The number of para-hydroxylation sites is 1. The summed E-state index contributed by atoms with van der Waals surface area (Å²) in [6.07, 6.45) is 0. The van der Waals surface area contributed by atoms with Crippen LogP contribution in [0.5, 0.6) is 0 Å². The van der Waals surface area contributed by atoms with E-state index in [4.69, 9.17) is 4.42 Å². The van der Waals surface area contributed by atoms with Gasteiger partial charge in [0, 0.05) is 5.54 Å². The van der Waals surface area contributed by atoms with Crippen LogP contribution in [0.2, 0.25) is 0 Å². The second-order valence-corrected chi connectivity index (χ2v) is 7.52. The number of rotatable bonds is 4. The second kappa shape index (κ2) is 6.13. The Hall–Kier alpha value is -2.19. The van der Waals surface area contributed by atoms with Crippen molar-refractivity contribution in [2.75, 3.05) is 5.32 Å². The molecule has 0 saturated heterocycles. The number of nitrogens with one attached hydrogen (secondary N) is 2. The Morgan fingerprint density at radius 3 is 2.39 bits per heavy atom. The van der Waals surface area contributed by atoms with Gasteiger partial charge in [-0.3, -0.25) is 4.79 Å². The Morgan fingerprint density at radius 2 is 1.78 bits per heavy atom. The van der Waals surface area contributed by atoms with Crippen molar-refractivity contribution < 1.29 is 22.0 Å². The molecule has 0 aliphatic heterocycles. The smallest absolute Gasteiger partial charge is 0.291 e. The summed E-state index contributed by atoms with van der Waals surface area (Å²) in [6, 6.07) is 8.01. The molecule has 2 N–H and O–H groups in total. The number of anilines is 1. The van der Waals surface area contributed by atoms with Gasteiger partial charge in [0.05, 0.1) is 5.69 Å². The standard InChI is InChI=1S/C15H17FN2O4S/c1-15(2,3)18-23(20,21)13-9-8-12(22-13)14(19)17-11-7-5-4-6-10(11)16/h4-9,18H,1-3H3,(H,17,19). The third-order valence-corrected chi connectivity index (χ3v) is 4.26. The van der Waals surface area contributed by atoms with E-state index in [1.807, 2.05) is 0 Å². The first kappa shape index (κ1) is 17.2. The number of carbonyl (C=O) groups excluding carboxylic acids is 1. The molecule has 2 rings (SSSR count). The molecule has 0 saturated carbocycles. The van der Waals surface area contributed by atoms with Crippen molar-refractivity contribution in [3.05, 3.63) is 48.0 Å². The molecule has 0 fully saturated rings. The molecule has 6 nitrogen and oxygen atoms in total. The number of hydrogen-bond donors (Lipinski definition) is 2. The van der Waals surface area contributed by atoms with Gasteiger partial charge in [-0.25, -0.2) is 17.5 Å². The molecule has 1 amide bonds. The fraction of sp³-hybridized carbons (Fsp3) is 0.267. The molecular formula is C15H17FN2O4S. The molecule has 1 aromatic carbocycles. The SMILES string of the molecule is CC(C)(C)NS(=O)(=O)c1ccc(C(=O)Nc2ccccc2F)o1. The molecule has 124 valence electrons. The number of benzene rings is 1. The van der Waals surface area contributed by atoms with Gasteiger partial charge < -0.3 is 9.73 Å². The lowest BCUT2D eigenvalue weighted by Crippen LogP contribution is -2.40. The quantitative estimate of drug-likeness (QED) is 0.896. The molecule has 0 spiro atoms. The minimum absolute atomic E-state index is 0.0221. The van der Waals surface area contributed by atoms with Gasteiger partial charge in [0.2, 0.25) is 5.09 Å². The van der Waals surface area contributed by atoms with Gasteiger partial charge in [-0.2, -0.15) is 0 Å². The molecular weight excluding hydrogens is 323 g/mol. The number of furan rings is 1. The van der Waals surface area contributed by atoms with Gasteiger partial charge in [0.1, 0.15) is 5.82 Å². The van der Waals surface area contributed by atoms with Crippen LogP contribution in [0.3, 0.4) is 0 Å². The van der Waals surface area contributed by atoms with Gasteiger partial charge in [-0.1, -0.05) is 12.1 Å². The maximum absolute atomic E-state index is 13.5. The normalized spacial score (nSPS) is 12.2. The van der Waals surface area contributed by atoms with Gasteiger partial charge in [-0.15, -0.1) is 0 Å². The lowest BCUT2D eigenvalue weighted by atomic mass is 10.1. The van der Waals surface area contributed by atoms with E-state index in [2.05, 4.69) is 10.0 Å². The summed E-state index contributed by atoms with van der Waals surface area (Å²) in [5.41, 5.74) is -0.715. The molecule has 23 heavy (non-hydrogen) atoms. The van der Waals surface area contributed by atoms with E-state index in [9.17, 15) is 17.6 Å². The lowest BCUT2D eigenvalue weighted by Gasteiger charge is -2.18. The predicted molar refractivity (Wildman–Crippen MR) is 83.1 cm³/mol. The van der Waals surface area contributed by atoms with Crippen LogP contribution in [0.25, 0.3) is 0 Å². The van der Waals surface area contributed by atoms with Crippen LogP contribution in [-0.4, -0.2) is 19.9 Å². The Labute approximate surface area is 133 Å². The number of halogens is 1. The molecule has 0 aliphatic carbocycles. The molecule has 8 heteroatoms. The monoisotopic (exact) mass is 340 g/mol. The molecule has 0 unspecified atom stereocenters. The average Bonchev–Trinajstić information content (AvgIpc) is 2.89. The van der Waals surface area contributed by atoms with E-state index in [0.29, 0.717) is 0 Å². The van der Waals surface area contributed by atoms with Crippen LogP contribution < -0.4 is 10.0 Å². The summed E-state index contributed by atoms with van der Waals surface area (Å²) in [5.74, 6) is -1.58. The van der Waals surface area contributed by atoms with E-state index >= 15 is 0 Å². The van der Waals surface area contributed by atoms with E-state index in [-0.39, 0.29) is 16.5 Å². The maximum atomic E-state index is 13.5. The summed E-state index contributed by atoms with van der Waals surface area (Å²) < 4.78 is 45.2. The first-order valence-corrected chi connectivity index (χ1v) is 8.26. The van der Waals surface area contributed by atoms with Crippen molar-refractivity contribution in [2.24, 2.45) is 0 Å². The Bertz CT molecular complexity index is 822.